The Morgan fingerprint density at radius 2 is 2.18 bits per heavy atom. The molecule has 1 rings (SSSR count). The number of carbonyl (C=O) groups is 1. The molecule has 0 unspecified atom stereocenters. The lowest BCUT2D eigenvalue weighted by atomic mass is 10.5. The van der Waals surface area contributed by atoms with Gasteiger partial charge in [-0.3, -0.25) is 4.79 Å². The second-order valence-electron chi connectivity index (χ2n) is 3.08. The highest BCUT2D eigenvalue weighted by atomic mass is 79.9. The third-order valence-corrected chi connectivity index (χ3v) is 2.17. The molecule has 7 heteroatoms. The molecule has 0 aromatic carbocycles. The molecule has 2 N–H and O–H groups in total. The number of hydrogen-bond donors (Lipinski definition) is 2. The average Bonchev–Trinajstić information content (AvgIpc) is 2.29. The molecule has 0 saturated heterocycles. The zero-order valence-electron chi connectivity index (χ0n) is 9.79. The van der Waals surface area contributed by atoms with Gasteiger partial charge in [-0.1, -0.05) is 0 Å². The van der Waals surface area contributed by atoms with Gasteiger partial charge in [-0.05, 0) is 29.8 Å². The first kappa shape index (κ1) is 13.7. The van der Waals surface area contributed by atoms with E-state index in [9.17, 15) is 4.79 Å². The number of halogens is 1. The Labute approximate surface area is 108 Å². The molecule has 1 aromatic heterocycles. The van der Waals surface area contributed by atoms with Gasteiger partial charge < -0.3 is 15.4 Å². The summed E-state index contributed by atoms with van der Waals surface area (Å²) >= 11 is 3.24. The van der Waals surface area contributed by atoms with Gasteiger partial charge in [0.25, 0.3) is 0 Å². The third kappa shape index (κ3) is 4.56. The summed E-state index contributed by atoms with van der Waals surface area (Å²) in [5.41, 5.74) is 0. The topological polar surface area (TPSA) is 76.1 Å². The molecule has 0 radical (unpaired) electrons. The van der Waals surface area contributed by atoms with Crippen LogP contribution in [0.25, 0.3) is 0 Å². The second kappa shape index (κ2) is 7.05. The number of esters is 1. The Balaban J connectivity index is 2.66. The molecule has 0 spiro atoms. The van der Waals surface area contributed by atoms with Gasteiger partial charge >= 0.3 is 5.97 Å². The summed E-state index contributed by atoms with van der Waals surface area (Å²) in [5.74, 6) is 0.814. The van der Waals surface area contributed by atoms with Crippen molar-refractivity contribution in [2.75, 3.05) is 30.3 Å². The molecule has 17 heavy (non-hydrogen) atoms. The van der Waals surface area contributed by atoms with E-state index >= 15 is 0 Å². The highest BCUT2D eigenvalue weighted by molar-refractivity contribution is 9.10. The Morgan fingerprint density at radius 3 is 2.82 bits per heavy atom. The number of nitrogens with one attached hydrogen (secondary N) is 2. The van der Waals surface area contributed by atoms with Gasteiger partial charge in [-0.15, -0.1) is 0 Å². The number of ether oxygens (including phenoxy) is 1. The highest BCUT2D eigenvalue weighted by Gasteiger charge is 2.08. The maximum absolute atomic E-state index is 11.2. The van der Waals surface area contributed by atoms with Gasteiger partial charge in [0, 0.05) is 6.54 Å². The van der Waals surface area contributed by atoms with Gasteiger partial charge in [0.2, 0.25) is 0 Å². The smallest absolute Gasteiger partial charge is 0.325 e. The van der Waals surface area contributed by atoms with Crippen LogP contribution in [0, 0.1) is 0 Å². The van der Waals surface area contributed by atoms with Crippen molar-refractivity contribution >= 4 is 33.5 Å². The fourth-order valence-electron chi connectivity index (χ4n) is 1.16. The molecule has 0 aliphatic rings. The first-order valence-electron chi connectivity index (χ1n) is 5.33. The fraction of sp³-hybridized carbons (Fsp3) is 0.500. The molecule has 0 fully saturated rings. The van der Waals surface area contributed by atoms with Crippen molar-refractivity contribution in [1.82, 2.24) is 9.97 Å². The van der Waals surface area contributed by atoms with E-state index in [0.717, 1.165) is 6.54 Å². The first-order valence-corrected chi connectivity index (χ1v) is 6.12. The summed E-state index contributed by atoms with van der Waals surface area (Å²) in [5, 5.41) is 5.93. The molecule has 0 aliphatic carbocycles. The molecule has 6 nitrogen and oxygen atoms in total. The van der Waals surface area contributed by atoms with Crippen LogP contribution in [0.4, 0.5) is 11.6 Å². The normalized spacial score (nSPS) is 9.82. The van der Waals surface area contributed by atoms with Crippen molar-refractivity contribution in [1.29, 1.82) is 0 Å². The number of carbonyl (C=O) groups excluding carboxylic acids is 1. The summed E-state index contributed by atoms with van der Waals surface area (Å²) < 4.78 is 5.44. The van der Waals surface area contributed by atoms with E-state index in [-0.39, 0.29) is 12.5 Å². The number of hydrogen-bond acceptors (Lipinski definition) is 6. The predicted molar refractivity (Wildman–Crippen MR) is 69.0 cm³/mol. The van der Waals surface area contributed by atoms with Crippen LogP contribution < -0.4 is 10.6 Å². The molecule has 1 heterocycles. The number of nitrogens with zero attached hydrogens (tertiary/aromatic N) is 2. The zero-order valence-corrected chi connectivity index (χ0v) is 11.4. The molecule has 1 aromatic rings. The third-order valence-electron chi connectivity index (χ3n) is 1.79. The van der Waals surface area contributed by atoms with Gasteiger partial charge in [0.05, 0.1) is 12.8 Å². The summed E-state index contributed by atoms with van der Waals surface area (Å²) in [6, 6.07) is 0. The summed E-state index contributed by atoms with van der Waals surface area (Å²) in [7, 11) is 0. The number of anilines is 2. The second-order valence-corrected chi connectivity index (χ2v) is 3.89. The van der Waals surface area contributed by atoms with Crippen molar-refractivity contribution in [3.05, 3.63) is 10.8 Å². The fourth-order valence-corrected chi connectivity index (χ4v) is 1.44. The number of rotatable bonds is 6. The van der Waals surface area contributed by atoms with Crippen molar-refractivity contribution in [2.24, 2.45) is 0 Å². The minimum Gasteiger partial charge on any atom is -0.465 e. The summed E-state index contributed by atoms with van der Waals surface area (Å²) in [6.45, 7) is 4.88. The van der Waals surface area contributed by atoms with E-state index in [0.29, 0.717) is 22.8 Å². The lowest BCUT2D eigenvalue weighted by Gasteiger charge is -2.10. The van der Waals surface area contributed by atoms with Crippen LogP contribution in [0.3, 0.4) is 0 Å². The molecule has 0 bridgehead atoms. The van der Waals surface area contributed by atoms with Crippen molar-refractivity contribution < 1.29 is 9.53 Å². The molecule has 94 valence electrons. The van der Waals surface area contributed by atoms with Crippen LogP contribution in [-0.2, 0) is 9.53 Å². The van der Waals surface area contributed by atoms with Crippen LogP contribution in [0.2, 0.25) is 0 Å². The van der Waals surface area contributed by atoms with Gasteiger partial charge in [-0.2, -0.15) is 0 Å². The number of aromatic nitrogens is 2. The lowest BCUT2D eigenvalue weighted by Crippen LogP contribution is -2.18. The standard InChI is InChI=1S/C10H15BrN4O2/c1-3-12-10-9(13-5-7(11)15-10)14-6-8(16)17-4-2/h5H,3-4,6H2,1-2H3,(H,12,15)(H,13,14). The van der Waals surface area contributed by atoms with Crippen LogP contribution in [0.15, 0.2) is 10.8 Å². The molecule has 0 amide bonds. The van der Waals surface area contributed by atoms with E-state index < -0.39 is 0 Å². The van der Waals surface area contributed by atoms with Crippen LogP contribution >= 0.6 is 15.9 Å². The van der Waals surface area contributed by atoms with Crippen LogP contribution in [0.5, 0.6) is 0 Å². The molecule has 0 atom stereocenters. The van der Waals surface area contributed by atoms with Crippen LogP contribution in [-0.4, -0.2) is 35.6 Å². The predicted octanol–water partition coefficient (Wildman–Crippen LogP) is 1.65. The average molecular weight is 303 g/mol. The van der Waals surface area contributed by atoms with E-state index in [4.69, 9.17) is 4.74 Å². The maximum Gasteiger partial charge on any atom is 0.325 e. The SMILES string of the molecule is CCNc1nc(Br)cnc1NCC(=O)OCC. The van der Waals surface area contributed by atoms with Gasteiger partial charge in [0.1, 0.15) is 11.1 Å². The molecule has 0 aliphatic heterocycles. The minimum absolute atomic E-state index is 0.0720. The van der Waals surface area contributed by atoms with E-state index in [2.05, 4.69) is 36.5 Å². The molecule has 0 saturated carbocycles. The summed E-state index contributed by atoms with van der Waals surface area (Å²) in [6.07, 6.45) is 1.56. The summed E-state index contributed by atoms with van der Waals surface area (Å²) in [4.78, 5) is 19.5. The lowest BCUT2D eigenvalue weighted by molar-refractivity contribution is -0.140. The van der Waals surface area contributed by atoms with Crippen molar-refractivity contribution in [2.45, 2.75) is 13.8 Å². The Hall–Kier alpha value is -1.37. The monoisotopic (exact) mass is 302 g/mol. The van der Waals surface area contributed by atoms with Gasteiger partial charge in [0.15, 0.2) is 11.6 Å². The van der Waals surface area contributed by atoms with E-state index in [1.165, 1.54) is 0 Å². The van der Waals surface area contributed by atoms with E-state index in [1.807, 2.05) is 6.92 Å². The van der Waals surface area contributed by atoms with Gasteiger partial charge in [-0.25, -0.2) is 9.97 Å². The maximum atomic E-state index is 11.2. The van der Waals surface area contributed by atoms with Crippen molar-refractivity contribution in [3.8, 4) is 0 Å². The van der Waals surface area contributed by atoms with Crippen molar-refractivity contribution in [3.63, 3.8) is 0 Å². The largest absolute Gasteiger partial charge is 0.465 e. The minimum atomic E-state index is -0.320. The zero-order chi connectivity index (χ0) is 12.7. The Bertz CT molecular complexity index is 387. The van der Waals surface area contributed by atoms with E-state index in [1.54, 1.807) is 13.1 Å². The highest BCUT2D eigenvalue weighted by Crippen LogP contribution is 2.18. The quantitative estimate of drug-likeness (QED) is 0.778. The first-order chi connectivity index (χ1) is 8.17. The Kier molecular flexibility index (Phi) is 5.68. The van der Waals surface area contributed by atoms with Crippen LogP contribution in [0.1, 0.15) is 13.8 Å². The molecular formula is C10H15BrN4O2. The Morgan fingerprint density at radius 1 is 1.41 bits per heavy atom. The molecular weight excluding hydrogens is 288 g/mol.